The Kier molecular flexibility index (Phi) is 3.49. The molecule has 0 fully saturated rings. The number of halogens is 2. The lowest BCUT2D eigenvalue weighted by Crippen LogP contribution is -2.21. The highest BCUT2D eigenvalue weighted by Crippen LogP contribution is 2.22. The van der Waals surface area contributed by atoms with Crippen molar-refractivity contribution in [1.29, 1.82) is 0 Å². The van der Waals surface area contributed by atoms with Crippen LogP contribution in [-0.4, -0.2) is 17.6 Å². The van der Waals surface area contributed by atoms with E-state index in [1.54, 1.807) is 7.05 Å². The van der Waals surface area contributed by atoms with Crippen LogP contribution in [0.25, 0.3) is 0 Å². The molecule has 6 heteroatoms. The van der Waals surface area contributed by atoms with Gasteiger partial charge in [-0.15, -0.1) is 0 Å². The Morgan fingerprint density at radius 1 is 1.50 bits per heavy atom. The van der Waals surface area contributed by atoms with E-state index >= 15 is 0 Å². The number of rotatable bonds is 1. The number of esters is 1. The first-order valence-electron chi connectivity index (χ1n) is 3.62. The molecule has 0 saturated heterocycles. The lowest BCUT2D eigenvalue weighted by atomic mass is 10.3. The van der Waals surface area contributed by atoms with E-state index in [0.29, 0.717) is 4.47 Å². The summed E-state index contributed by atoms with van der Waals surface area (Å²) in [5.74, 6) is -0.554. The van der Waals surface area contributed by atoms with E-state index in [1.807, 2.05) is 0 Å². The van der Waals surface area contributed by atoms with Crippen LogP contribution in [0.3, 0.4) is 0 Å². The molecule has 0 unspecified atom stereocenters. The number of hydrogen-bond acceptors (Lipinski definition) is 3. The van der Waals surface area contributed by atoms with Crippen LogP contribution in [0.15, 0.2) is 19.9 Å². The van der Waals surface area contributed by atoms with Gasteiger partial charge in [0.2, 0.25) is 0 Å². The zero-order chi connectivity index (χ0) is 10.9. The van der Waals surface area contributed by atoms with Gasteiger partial charge < -0.3 is 9.30 Å². The summed E-state index contributed by atoms with van der Waals surface area (Å²) in [4.78, 5) is 22.7. The molecule has 0 aliphatic rings. The Labute approximate surface area is 97.1 Å². The van der Waals surface area contributed by atoms with Crippen molar-refractivity contribution in [3.63, 3.8) is 0 Å². The molecule has 14 heavy (non-hydrogen) atoms. The molecular formula is C8H7Br2NO3. The molecule has 0 bridgehead atoms. The Morgan fingerprint density at radius 2 is 2.07 bits per heavy atom. The maximum Gasteiger partial charge on any atom is 0.340 e. The van der Waals surface area contributed by atoms with Gasteiger partial charge in [-0.25, -0.2) is 4.79 Å². The number of carbonyl (C=O) groups excluding carboxylic acids is 1. The molecule has 0 aromatic carbocycles. The van der Waals surface area contributed by atoms with Crippen LogP contribution in [0.4, 0.5) is 0 Å². The van der Waals surface area contributed by atoms with E-state index in [4.69, 9.17) is 0 Å². The SMILES string of the molecule is COC(=O)c1c(Br)cn(C)c(=O)c1Br. The van der Waals surface area contributed by atoms with Gasteiger partial charge in [-0.3, -0.25) is 4.79 Å². The fourth-order valence-electron chi connectivity index (χ4n) is 0.949. The number of pyridine rings is 1. The molecule has 0 amide bonds. The first-order valence-corrected chi connectivity index (χ1v) is 5.20. The smallest absolute Gasteiger partial charge is 0.340 e. The van der Waals surface area contributed by atoms with Gasteiger partial charge in [-0.1, -0.05) is 0 Å². The first-order chi connectivity index (χ1) is 6.49. The minimum atomic E-state index is -0.554. The van der Waals surface area contributed by atoms with Crippen LogP contribution in [0.5, 0.6) is 0 Å². The molecule has 76 valence electrons. The Hall–Kier alpha value is -0.620. The molecule has 0 aliphatic heterocycles. The summed E-state index contributed by atoms with van der Waals surface area (Å²) < 4.78 is 6.62. The number of hydrogen-bond donors (Lipinski definition) is 0. The second-order valence-corrected chi connectivity index (χ2v) is 4.22. The predicted molar refractivity (Wildman–Crippen MR) is 58.4 cm³/mol. The van der Waals surface area contributed by atoms with Gasteiger partial charge in [0.15, 0.2) is 0 Å². The molecule has 0 atom stereocenters. The number of nitrogens with zero attached hydrogens (tertiary/aromatic N) is 1. The van der Waals surface area contributed by atoms with Crippen molar-refractivity contribution in [3.8, 4) is 0 Å². The summed E-state index contributed by atoms with van der Waals surface area (Å²) in [6, 6.07) is 0. The maximum atomic E-state index is 11.4. The second kappa shape index (κ2) is 4.27. The molecular weight excluding hydrogens is 318 g/mol. The highest BCUT2D eigenvalue weighted by Gasteiger charge is 2.18. The monoisotopic (exact) mass is 323 g/mol. The molecule has 4 nitrogen and oxygen atoms in total. The fourth-order valence-corrected chi connectivity index (χ4v) is 2.54. The third-order valence-corrected chi connectivity index (χ3v) is 3.00. The summed E-state index contributed by atoms with van der Waals surface area (Å²) >= 11 is 6.24. The van der Waals surface area contributed by atoms with Crippen LogP contribution < -0.4 is 5.56 Å². The van der Waals surface area contributed by atoms with Crippen LogP contribution in [0.1, 0.15) is 10.4 Å². The molecule has 0 aliphatic carbocycles. The molecule has 0 radical (unpaired) electrons. The number of aryl methyl sites for hydroxylation is 1. The summed E-state index contributed by atoms with van der Waals surface area (Å²) in [6.45, 7) is 0. The lowest BCUT2D eigenvalue weighted by molar-refractivity contribution is 0.0598. The highest BCUT2D eigenvalue weighted by atomic mass is 79.9. The third-order valence-electron chi connectivity index (χ3n) is 1.66. The van der Waals surface area contributed by atoms with Crippen molar-refractivity contribution in [2.24, 2.45) is 7.05 Å². The van der Waals surface area contributed by atoms with Crippen LogP contribution in [-0.2, 0) is 11.8 Å². The molecule has 1 heterocycles. The van der Waals surface area contributed by atoms with E-state index in [2.05, 4.69) is 36.6 Å². The van der Waals surface area contributed by atoms with Crippen LogP contribution in [0, 0.1) is 0 Å². The lowest BCUT2D eigenvalue weighted by Gasteiger charge is -2.06. The average Bonchev–Trinajstić information content (AvgIpc) is 2.14. The topological polar surface area (TPSA) is 48.3 Å². The largest absolute Gasteiger partial charge is 0.465 e. The minimum Gasteiger partial charge on any atom is -0.465 e. The number of ether oxygens (including phenoxy) is 1. The van der Waals surface area contributed by atoms with Gasteiger partial charge in [0.1, 0.15) is 0 Å². The van der Waals surface area contributed by atoms with E-state index in [0.717, 1.165) is 0 Å². The zero-order valence-corrected chi connectivity index (χ0v) is 10.7. The van der Waals surface area contributed by atoms with E-state index in [1.165, 1.54) is 17.9 Å². The number of methoxy groups -OCH3 is 1. The molecule has 1 aromatic heterocycles. The van der Waals surface area contributed by atoms with Crippen molar-refractivity contribution in [2.45, 2.75) is 0 Å². The standard InChI is InChI=1S/C8H7Br2NO3/c1-11-3-4(9)5(8(13)14-2)6(10)7(11)12/h3H,1-2H3. The summed E-state index contributed by atoms with van der Waals surface area (Å²) in [5, 5.41) is 0. The van der Waals surface area contributed by atoms with Crippen molar-refractivity contribution < 1.29 is 9.53 Å². The van der Waals surface area contributed by atoms with Crippen molar-refractivity contribution in [1.82, 2.24) is 4.57 Å². The van der Waals surface area contributed by atoms with Gasteiger partial charge >= 0.3 is 5.97 Å². The van der Waals surface area contributed by atoms with E-state index in [-0.39, 0.29) is 15.6 Å². The van der Waals surface area contributed by atoms with Gasteiger partial charge in [0, 0.05) is 17.7 Å². The normalized spacial score (nSPS) is 10.0. The van der Waals surface area contributed by atoms with Crippen LogP contribution in [0.2, 0.25) is 0 Å². The van der Waals surface area contributed by atoms with Gasteiger partial charge in [0.25, 0.3) is 5.56 Å². The van der Waals surface area contributed by atoms with Crippen LogP contribution >= 0.6 is 31.9 Å². The highest BCUT2D eigenvalue weighted by molar-refractivity contribution is 9.11. The summed E-state index contributed by atoms with van der Waals surface area (Å²) in [6.07, 6.45) is 1.51. The average molecular weight is 325 g/mol. The Balaban J connectivity index is 3.52. The predicted octanol–water partition coefficient (Wildman–Crippen LogP) is 1.70. The number of carbonyl (C=O) groups is 1. The fraction of sp³-hybridized carbons (Fsp3) is 0.250. The summed E-state index contributed by atoms with van der Waals surface area (Å²) in [7, 11) is 2.86. The number of aromatic nitrogens is 1. The zero-order valence-electron chi connectivity index (χ0n) is 7.51. The van der Waals surface area contributed by atoms with Crippen molar-refractivity contribution in [3.05, 3.63) is 31.1 Å². The quantitative estimate of drug-likeness (QED) is 0.739. The second-order valence-electron chi connectivity index (χ2n) is 2.57. The third kappa shape index (κ3) is 1.90. The summed E-state index contributed by atoms with van der Waals surface area (Å²) in [5.41, 5.74) is -0.0794. The maximum absolute atomic E-state index is 11.4. The first kappa shape index (κ1) is 11.5. The van der Waals surface area contributed by atoms with Gasteiger partial charge in [-0.05, 0) is 31.9 Å². The van der Waals surface area contributed by atoms with Crippen molar-refractivity contribution >= 4 is 37.8 Å². The molecule has 0 N–H and O–H groups in total. The Morgan fingerprint density at radius 3 is 2.57 bits per heavy atom. The van der Waals surface area contributed by atoms with E-state index in [9.17, 15) is 9.59 Å². The van der Waals surface area contributed by atoms with Gasteiger partial charge in [0.05, 0.1) is 17.1 Å². The minimum absolute atomic E-state index is 0.196. The molecule has 1 rings (SSSR count). The molecule has 0 saturated carbocycles. The van der Waals surface area contributed by atoms with E-state index < -0.39 is 5.97 Å². The van der Waals surface area contributed by atoms with Crippen molar-refractivity contribution in [2.75, 3.05) is 7.11 Å². The molecule has 1 aromatic rings. The molecule has 0 spiro atoms. The van der Waals surface area contributed by atoms with Gasteiger partial charge in [-0.2, -0.15) is 0 Å². The Bertz CT molecular complexity index is 439.